The maximum absolute atomic E-state index is 11.1. The molecule has 0 N–H and O–H groups in total. The smallest absolute Gasteiger partial charge is 0.180 e. The zero-order valence-corrected chi connectivity index (χ0v) is 8.16. The van der Waals surface area contributed by atoms with Crippen LogP contribution in [0, 0.1) is 6.26 Å². The lowest BCUT2D eigenvalue weighted by molar-refractivity contribution is 0.604. The van der Waals surface area contributed by atoms with Crippen molar-refractivity contribution in [2.75, 3.05) is 0 Å². The number of rotatable bonds is 1. The molecule has 0 aliphatic rings. The van der Waals surface area contributed by atoms with E-state index in [4.69, 9.17) is 0 Å². The van der Waals surface area contributed by atoms with Crippen molar-refractivity contribution in [2.45, 2.75) is 4.90 Å². The number of benzene rings is 1. The Kier molecular flexibility index (Phi) is 2.00. The van der Waals surface area contributed by atoms with E-state index < -0.39 is 9.84 Å². The number of nitrogens with zero attached hydrogens (tertiary/aromatic N) is 1. The SMILES string of the molecule is [CH2]S(=O)(=O)c1cnc2ccccc2c1. The van der Waals surface area contributed by atoms with Crippen molar-refractivity contribution in [1.29, 1.82) is 0 Å². The molecule has 0 unspecified atom stereocenters. The lowest BCUT2D eigenvalue weighted by Crippen LogP contribution is -1.95. The van der Waals surface area contributed by atoms with Gasteiger partial charge in [-0.3, -0.25) is 4.98 Å². The van der Waals surface area contributed by atoms with Crippen LogP contribution in [0.15, 0.2) is 41.4 Å². The van der Waals surface area contributed by atoms with Crippen LogP contribution in [0.4, 0.5) is 0 Å². The van der Waals surface area contributed by atoms with Gasteiger partial charge in [0.1, 0.15) is 0 Å². The van der Waals surface area contributed by atoms with Gasteiger partial charge in [-0.1, -0.05) is 18.2 Å². The van der Waals surface area contributed by atoms with Gasteiger partial charge in [-0.25, -0.2) is 8.42 Å². The van der Waals surface area contributed by atoms with Gasteiger partial charge in [-0.15, -0.1) is 0 Å². The molecule has 0 aliphatic carbocycles. The van der Waals surface area contributed by atoms with Gasteiger partial charge in [0.05, 0.1) is 16.7 Å². The summed E-state index contributed by atoms with van der Waals surface area (Å²) in [4.78, 5) is 4.18. The molecule has 0 aliphatic heterocycles. The first-order chi connectivity index (χ1) is 6.57. The molecule has 0 amide bonds. The van der Waals surface area contributed by atoms with Crippen LogP contribution in [0.3, 0.4) is 0 Å². The van der Waals surface area contributed by atoms with E-state index in [9.17, 15) is 8.42 Å². The van der Waals surface area contributed by atoms with Crippen LogP contribution >= 0.6 is 0 Å². The zero-order valence-electron chi connectivity index (χ0n) is 7.34. The van der Waals surface area contributed by atoms with Gasteiger partial charge in [0, 0.05) is 11.6 Å². The summed E-state index contributed by atoms with van der Waals surface area (Å²) in [6.45, 7) is 0. The first-order valence-electron chi connectivity index (χ1n) is 4.00. The van der Waals surface area contributed by atoms with Crippen LogP contribution in [0.1, 0.15) is 0 Å². The van der Waals surface area contributed by atoms with Crippen LogP contribution < -0.4 is 0 Å². The first-order valence-corrected chi connectivity index (χ1v) is 5.65. The van der Waals surface area contributed by atoms with Gasteiger partial charge < -0.3 is 0 Å². The molecule has 0 fully saturated rings. The van der Waals surface area contributed by atoms with Gasteiger partial charge in [0.15, 0.2) is 9.84 Å². The Morgan fingerprint density at radius 1 is 1.21 bits per heavy atom. The molecule has 1 heterocycles. The van der Waals surface area contributed by atoms with E-state index in [1.165, 1.54) is 6.20 Å². The molecule has 0 spiro atoms. The molecule has 3 nitrogen and oxygen atoms in total. The molecule has 0 saturated heterocycles. The number of hydrogen-bond donors (Lipinski definition) is 0. The molecule has 1 aromatic heterocycles. The average molecular weight is 206 g/mol. The largest absolute Gasteiger partial charge is 0.255 e. The third-order valence-electron chi connectivity index (χ3n) is 1.92. The van der Waals surface area contributed by atoms with Gasteiger partial charge in [-0.05, 0) is 12.1 Å². The molecule has 0 bridgehead atoms. The van der Waals surface area contributed by atoms with Crippen molar-refractivity contribution in [2.24, 2.45) is 0 Å². The third kappa shape index (κ3) is 1.61. The lowest BCUT2D eigenvalue weighted by Gasteiger charge is -1.99. The highest BCUT2D eigenvalue weighted by Crippen LogP contribution is 2.16. The maximum Gasteiger partial charge on any atom is 0.180 e. The van der Waals surface area contributed by atoms with Crippen LogP contribution in [-0.2, 0) is 9.84 Å². The third-order valence-corrected chi connectivity index (χ3v) is 2.87. The molecular weight excluding hydrogens is 198 g/mol. The summed E-state index contributed by atoms with van der Waals surface area (Å²) in [6.07, 6.45) is 4.40. The standard InChI is InChI=1S/C10H8NO2S/c1-14(12,13)9-6-8-4-2-3-5-10(8)11-7-9/h2-7H,1H2. The Morgan fingerprint density at radius 2 is 1.93 bits per heavy atom. The molecule has 4 heteroatoms. The summed E-state index contributed by atoms with van der Waals surface area (Å²) in [5.74, 6) is 0. The molecule has 0 saturated carbocycles. The predicted octanol–water partition coefficient (Wildman–Crippen LogP) is 1.80. The van der Waals surface area contributed by atoms with Crippen molar-refractivity contribution in [1.82, 2.24) is 4.98 Å². The molecular formula is C10H8NO2S. The highest BCUT2D eigenvalue weighted by molar-refractivity contribution is 7.92. The summed E-state index contributed by atoms with van der Waals surface area (Å²) in [6, 6.07) is 8.91. The van der Waals surface area contributed by atoms with Crippen molar-refractivity contribution < 1.29 is 8.42 Å². The monoisotopic (exact) mass is 206 g/mol. The zero-order chi connectivity index (χ0) is 10.2. The number of hydrogen-bond acceptors (Lipinski definition) is 3. The van der Waals surface area contributed by atoms with Crippen LogP contribution in [0.25, 0.3) is 10.9 Å². The molecule has 0 atom stereocenters. The van der Waals surface area contributed by atoms with Crippen LogP contribution in [0.5, 0.6) is 0 Å². The van der Waals surface area contributed by atoms with E-state index in [0.717, 1.165) is 10.9 Å². The molecule has 71 valence electrons. The van der Waals surface area contributed by atoms with E-state index in [-0.39, 0.29) is 4.90 Å². The molecule has 14 heavy (non-hydrogen) atoms. The maximum atomic E-state index is 11.1. The van der Waals surface area contributed by atoms with Crippen LogP contribution in [0.2, 0.25) is 0 Å². The Balaban J connectivity index is 2.75. The normalized spacial score (nSPS) is 11.8. The fourth-order valence-corrected chi connectivity index (χ4v) is 1.74. The van der Waals surface area contributed by atoms with E-state index in [1.54, 1.807) is 6.07 Å². The Morgan fingerprint density at radius 3 is 2.64 bits per heavy atom. The number of aromatic nitrogens is 1. The summed E-state index contributed by atoms with van der Waals surface area (Å²) < 4.78 is 22.3. The fraction of sp³-hybridized carbons (Fsp3) is 0. The predicted molar refractivity (Wildman–Crippen MR) is 54.3 cm³/mol. The second kappa shape index (κ2) is 3.06. The van der Waals surface area contributed by atoms with Crippen LogP contribution in [-0.4, -0.2) is 13.4 Å². The first kappa shape index (κ1) is 9.15. The number of pyridine rings is 1. The second-order valence-corrected chi connectivity index (χ2v) is 4.68. The molecule has 1 radical (unpaired) electrons. The van der Waals surface area contributed by atoms with Crippen molar-refractivity contribution in [3.8, 4) is 0 Å². The molecule has 1 aromatic carbocycles. The Labute approximate surface area is 82.3 Å². The topological polar surface area (TPSA) is 47.0 Å². The number of fused-ring (bicyclic) bond motifs is 1. The Bertz CT molecular complexity index is 575. The fourth-order valence-electron chi connectivity index (χ4n) is 1.22. The average Bonchev–Trinajstić information content (AvgIpc) is 2.16. The van der Waals surface area contributed by atoms with Crippen molar-refractivity contribution in [3.05, 3.63) is 42.8 Å². The minimum atomic E-state index is -3.41. The minimum absolute atomic E-state index is 0.149. The molecule has 2 aromatic rings. The van der Waals surface area contributed by atoms with Crippen molar-refractivity contribution in [3.63, 3.8) is 0 Å². The van der Waals surface area contributed by atoms with E-state index >= 15 is 0 Å². The highest BCUT2D eigenvalue weighted by atomic mass is 32.2. The van der Waals surface area contributed by atoms with Gasteiger partial charge in [0.2, 0.25) is 0 Å². The molecule has 2 rings (SSSR count). The van der Waals surface area contributed by atoms with Crippen molar-refractivity contribution >= 4 is 20.7 Å². The van der Waals surface area contributed by atoms with E-state index in [2.05, 4.69) is 11.2 Å². The lowest BCUT2D eigenvalue weighted by atomic mass is 10.2. The highest BCUT2D eigenvalue weighted by Gasteiger charge is 2.07. The van der Waals surface area contributed by atoms with Gasteiger partial charge in [-0.2, -0.15) is 0 Å². The summed E-state index contributed by atoms with van der Waals surface area (Å²) in [5, 5.41) is 0.803. The number of para-hydroxylation sites is 1. The van der Waals surface area contributed by atoms with Gasteiger partial charge in [0.25, 0.3) is 0 Å². The van der Waals surface area contributed by atoms with Gasteiger partial charge >= 0.3 is 0 Å². The number of sulfone groups is 1. The quantitative estimate of drug-likeness (QED) is 0.714. The second-order valence-electron chi connectivity index (χ2n) is 2.98. The summed E-state index contributed by atoms with van der Waals surface area (Å²) >= 11 is 0. The van der Waals surface area contributed by atoms with E-state index in [1.807, 2.05) is 24.3 Å². The Hall–Kier alpha value is -1.42. The van der Waals surface area contributed by atoms with E-state index in [0.29, 0.717) is 0 Å². The minimum Gasteiger partial charge on any atom is -0.255 e. The summed E-state index contributed by atoms with van der Waals surface area (Å²) in [5.41, 5.74) is 0.778. The summed E-state index contributed by atoms with van der Waals surface area (Å²) in [7, 11) is -3.41.